The molecule has 1 fully saturated rings. The molecule has 4 heteroatoms. The third kappa shape index (κ3) is 2.72. The molecule has 19 heavy (non-hydrogen) atoms. The van der Waals surface area contributed by atoms with Crippen molar-refractivity contribution in [3.63, 3.8) is 0 Å². The second-order valence-corrected chi connectivity index (χ2v) is 5.69. The van der Waals surface area contributed by atoms with Crippen LogP contribution >= 0.6 is 0 Å². The number of aromatic nitrogens is 2. The van der Waals surface area contributed by atoms with Crippen molar-refractivity contribution in [3.8, 4) is 0 Å². The number of nitrogens with zero attached hydrogens (tertiary/aromatic N) is 2. The van der Waals surface area contributed by atoms with Crippen molar-refractivity contribution >= 4 is 5.69 Å². The van der Waals surface area contributed by atoms with Gasteiger partial charge in [0, 0.05) is 19.0 Å². The van der Waals surface area contributed by atoms with Gasteiger partial charge < -0.3 is 5.73 Å². The van der Waals surface area contributed by atoms with E-state index in [1.807, 2.05) is 4.68 Å². The topological polar surface area (TPSA) is 52.9 Å². The van der Waals surface area contributed by atoms with Crippen LogP contribution in [0.25, 0.3) is 0 Å². The third-order valence-corrected chi connectivity index (χ3v) is 4.21. The van der Waals surface area contributed by atoms with Gasteiger partial charge in [-0.3, -0.25) is 9.48 Å². The van der Waals surface area contributed by atoms with Crippen LogP contribution in [0.4, 0.5) is 5.69 Å². The number of anilines is 1. The molecule has 0 spiro atoms. The first-order chi connectivity index (χ1) is 9.20. The summed E-state index contributed by atoms with van der Waals surface area (Å²) in [5, 5.41) is 0. The third-order valence-electron chi connectivity index (χ3n) is 4.21. The van der Waals surface area contributed by atoms with E-state index in [1.54, 1.807) is 0 Å². The lowest BCUT2D eigenvalue weighted by Gasteiger charge is -2.17. The van der Waals surface area contributed by atoms with Crippen LogP contribution in [0, 0.1) is 0 Å². The van der Waals surface area contributed by atoms with Gasteiger partial charge in [-0.25, -0.2) is 4.68 Å². The van der Waals surface area contributed by atoms with E-state index >= 15 is 0 Å². The molecule has 0 radical (unpaired) electrons. The maximum Gasteiger partial charge on any atom is 0.290 e. The monoisotopic (exact) mass is 265 g/mol. The highest BCUT2D eigenvalue weighted by molar-refractivity contribution is 5.44. The highest BCUT2D eigenvalue weighted by Crippen LogP contribution is 2.36. The summed E-state index contributed by atoms with van der Waals surface area (Å²) >= 11 is 0. The van der Waals surface area contributed by atoms with Crippen molar-refractivity contribution in [2.75, 3.05) is 5.73 Å². The van der Waals surface area contributed by atoms with Gasteiger partial charge in [0.2, 0.25) is 0 Å². The van der Waals surface area contributed by atoms with Crippen LogP contribution in [0.5, 0.6) is 0 Å². The van der Waals surface area contributed by atoms with Crippen molar-refractivity contribution < 1.29 is 0 Å². The summed E-state index contributed by atoms with van der Waals surface area (Å²) in [5.74, 6) is 0.502. The minimum atomic E-state index is 0.0313. The van der Waals surface area contributed by atoms with E-state index in [9.17, 15) is 4.79 Å². The van der Waals surface area contributed by atoms with E-state index in [-0.39, 0.29) is 5.56 Å². The molecular formula is C15H27N3O. The standard InChI is InChI=1S/C15H27N3O/c1-3-5-11-18-15(19)13(16)14(17(18)10-4-2)12-8-6-7-9-12/h12H,3-11,16H2,1-2H3. The first-order valence-electron chi connectivity index (χ1n) is 7.79. The van der Waals surface area contributed by atoms with Crippen molar-refractivity contribution in [2.24, 2.45) is 0 Å². The van der Waals surface area contributed by atoms with E-state index in [0.29, 0.717) is 11.6 Å². The van der Waals surface area contributed by atoms with E-state index in [4.69, 9.17) is 5.73 Å². The van der Waals surface area contributed by atoms with Gasteiger partial charge >= 0.3 is 0 Å². The first-order valence-corrected chi connectivity index (χ1v) is 7.79. The van der Waals surface area contributed by atoms with Gasteiger partial charge in [0.05, 0.1) is 5.69 Å². The van der Waals surface area contributed by atoms with E-state index in [0.717, 1.165) is 38.0 Å². The Morgan fingerprint density at radius 2 is 1.79 bits per heavy atom. The molecule has 0 amide bonds. The maximum atomic E-state index is 12.4. The number of nitrogens with two attached hydrogens (primary N) is 1. The molecule has 1 heterocycles. The van der Waals surface area contributed by atoms with Gasteiger partial charge in [-0.1, -0.05) is 33.1 Å². The fourth-order valence-corrected chi connectivity index (χ4v) is 3.24. The Kier molecular flexibility index (Phi) is 4.72. The van der Waals surface area contributed by atoms with Gasteiger partial charge in [-0.05, 0) is 25.7 Å². The molecule has 0 aromatic carbocycles. The summed E-state index contributed by atoms with van der Waals surface area (Å²) in [6, 6.07) is 0. The van der Waals surface area contributed by atoms with Gasteiger partial charge in [-0.15, -0.1) is 0 Å². The molecule has 0 bridgehead atoms. The largest absolute Gasteiger partial charge is 0.393 e. The SMILES string of the molecule is CCCCn1c(=O)c(N)c(C2CCCC2)n1CCC. The zero-order chi connectivity index (χ0) is 13.8. The smallest absolute Gasteiger partial charge is 0.290 e. The fraction of sp³-hybridized carbons (Fsp3) is 0.800. The molecule has 1 aliphatic rings. The van der Waals surface area contributed by atoms with E-state index in [2.05, 4.69) is 18.5 Å². The summed E-state index contributed by atoms with van der Waals surface area (Å²) < 4.78 is 4.07. The molecule has 1 aromatic heterocycles. The Labute approximate surface area is 115 Å². The summed E-state index contributed by atoms with van der Waals surface area (Å²) in [4.78, 5) is 12.4. The van der Waals surface area contributed by atoms with Crippen LogP contribution < -0.4 is 11.3 Å². The molecule has 0 unspecified atom stereocenters. The molecule has 1 aliphatic carbocycles. The fourth-order valence-electron chi connectivity index (χ4n) is 3.24. The predicted octanol–water partition coefficient (Wildman–Crippen LogP) is 3.10. The number of rotatable bonds is 6. The average Bonchev–Trinajstić information content (AvgIpc) is 2.98. The van der Waals surface area contributed by atoms with Crippen LogP contribution in [-0.4, -0.2) is 9.36 Å². The second-order valence-electron chi connectivity index (χ2n) is 5.69. The van der Waals surface area contributed by atoms with Crippen LogP contribution in [0.15, 0.2) is 4.79 Å². The minimum absolute atomic E-state index is 0.0313. The maximum absolute atomic E-state index is 12.4. The molecular weight excluding hydrogens is 238 g/mol. The van der Waals surface area contributed by atoms with Crippen LogP contribution in [0.3, 0.4) is 0 Å². The molecule has 0 saturated heterocycles. The summed E-state index contributed by atoms with van der Waals surface area (Å²) in [5.41, 5.74) is 7.80. The molecule has 1 aromatic rings. The Hall–Kier alpha value is -1.19. The van der Waals surface area contributed by atoms with Crippen LogP contribution in [-0.2, 0) is 13.1 Å². The zero-order valence-electron chi connectivity index (χ0n) is 12.3. The lowest BCUT2D eigenvalue weighted by molar-refractivity contribution is 0.405. The Morgan fingerprint density at radius 1 is 1.11 bits per heavy atom. The second kappa shape index (κ2) is 6.31. The number of unbranched alkanes of at least 4 members (excludes halogenated alkanes) is 1. The van der Waals surface area contributed by atoms with Crippen molar-refractivity contribution in [3.05, 3.63) is 16.0 Å². The molecule has 2 rings (SSSR count). The quantitative estimate of drug-likeness (QED) is 0.859. The molecule has 2 N–H and O–H groups in total. The van der Waals surface area contributed by atoms with Crippen molar-refractivity contribution in [1.29, 1.82) is 0 Å². The average molecular weight is 265 g/mol. The number of nitrogen functional groups attached to an aromatic ring is 1. The number of hydrogen-bond donors (Lipinski definition) is 1. The van der Waals surface area contributed by atoms with Crippen molar-refractivity contribution in [1.82, 2.24) is 9.36 Å². The van der Waals surface area contributed by atoms with Gasteiger partial charge in [0.15, 0.2) is 0 Å². The molecule has 1 saturated carbocycles. The molecule has 0 atom stereocenters. The Bertz CT molecular complexity index is 466. The zero-order valence-corrected chi connectivity index (χ0v) is 12.3. The van der Waals surface area contributed by atoms with Gasteiger partial charge in [0.25, 0.3) is 5.56 Å². The van der Waals surface area contributed by atoms with Crippen LogP contribution in [0.1, 0.15) is 70.4 Å². The van der Waals surface area contributed by atoms with E-state index < -0.39 is 0 Å². The van der Waals surface area contributed by atoms with Crippen molar-refractivity contribution in [2.45, 2.75) is 77.8 Å². The Morgan fingerprint density at radius 3 is 2.37 bits per heavy atom. The minimum Gasteiger partial charge on any atom is -0.393 e. The summed E-state index contributed by atoms with van der Waals surface area (Å²) in [6.45, 7) is 6.01. The first kappa shape index (κ1) is 14.2. The van der Waals surface area contributed by atoms with E-state index in [1.165, 1.54) is 25.7 Å². The molecule has 0 aliphatic heterocycles. The molecule has 108 valence electrons. The lowest BCUT2D eigenvalue weighted by Crippen LogP contribution is -2.24. The highest BCUT2D eigenvalue weighted by atomic mass is 16.1. The van der Waals surface area contributed by atoms with Gasteiger partial charge in [0.1, 0.15) is 5.69 Å². The lowest BCUT2D eigenvalue weighted by atomic mass is 10.0. The summed E-state index contributed by atoms with van der Waals surface area (Å²) in [6.07, 6.45) is 8.09. The van der Waals surface area contributed by atoms with Gasteiger partial charge in [-0.2, -0.15) is 0 Å². The normalized spacial score (nSPS) is 16.3. The predicted molar refractivity (Wildman–Crippen MR) is 79.5 cm³/mol. The summed E-state index contributed by atoms with van der Waals surface area (Å²) in [7, 11) is 0. The highest BCUT2D eigenvalue weighted by Gasteiger charge is 2.26. The number of hydrogen-bond acceptors (Lipinski definition) is 2. The van der Waals surface area contributed by atoms with Crippen LogP contribution in [0.2, 0.25) is 0 Å². The Balaban J connectivity index is 2.42. The molecule has 4 nitrogen and oxygen atoms in total.